The SMILES string of the molecule is COc1ccc(-c2nnn(CC(=O)N[C@@H](C)CCC(C)C)n2)cc1OC. The third-order valence-electron chi connectivity index (χ3n) is 3.96. The van der Waals surface area contributed by atoms with E-state index in [4.69, 9.17) is 9.47 Å². The molecule has 0 spiro atoms. The molecule has 0 aliphatic rings. The van der Waals surface area contributed by atoms with Gasteiger partial charge < -0.3 is 14.8 Å². The zero-order valence-electron chi connectivity index (χ0n) is 16.0. The summed E-state index contributed by atoms with van der Waals surface area (Å²) >= 11 is 0. The van der Waals surface area contributed by atoms with Crippen LogP contribution in [0.5, 0.6) is 11.5 Å². The lowest BCUT2D eigenvalue weighted by Crippen LogP contribution is -2.35. The number of hydrogen-bond acceptors (Lipinski definition) is 6. The van der Waals surface area contributed by atoms with Crippen LogP contribution < -0.4 is 14.8 Å². The van der Waals surface area contributed by atoms with Crippen LogP contribution in [0.25, 0.3) is 11.4 Å². The number of ether oxygens (including phenoxy) is 2. The monoisotopic (exact) mass is 361 g/mol. The third-order valence-corrected chi connectivity index (χ3v) is 3.96. The highest BCUT2D eigenvalue weighted by Crippen LogP contribution is 2.30. The fourth-order valence-electron chi connectivity index (χ4n) is 2.51. The molecule has 26 heavy (non-hydrogen) atoms. The predicted octanol–water partition coefficient (Wildman–Crippen LogP) is 2.30. The normalized spacial score (nSPS) is 12.1. The smallest absolute Gasteiger partial charge is 0.243 e. The van der Waals surface area contributed by atoms with Crippen molar-refractivity contribution in [1.29, 1.82) is 0 Å². The van der Waals surface area contributed by atoms with Crippen molar-refractivity contribution in [3.05, 3.63) is 18.2 Å². The molecule has 0 aliphatic heterocycles. The van der Waals surface area contributed by atoms with Gasteiger partial charge in [0.1, 0.15) is 6.54 Å². The van der Waals surface area contributed by atoms with E-state index in [-0.39, 0.29) is 18.5 Å². The summed E-state index contributed by atoms with van der Waals surface area (Å²) in [5.41, 5.74) is 0.736. The van der Waals surface area contributed by atoms with Gasteiger partial charge >= 0.3 is 0 Å². The van der Waals surface area contributed by atoms with Crippen LogP contribution in [0.4, 0.5) is 0 Å². The van der Waals surface area contributed by atoms with Crippen LogP contribution in [0.1, 0.15) is 33.6 Å². The van der Waals surface area contributed by atoms with Crippen molar-refractivity contribution in [2.24, 2.45) is 5.92 Å². The number of nitrogens with zero attached hydrogens (tertiary/aromatic N) is 4. The molecule has 8 heteroatoms. The number of rotatable bonds is 9. The van der Waals surface area contributed by atoms with E-state index in [1.807, 2.05) is 13.0 Å². The molecule has 0 saturated heterocycles. The number of aromatic nitrogens is 4. The molecule has 0 unspecified atom stereocenters. The zero-order chi connectivity index (χ0) is 19.1. The molecule has 1 amide bonds. The van der Waals surface area contributed by atoms with Gasteiger partial charge in [-0.25, -0.2) is 0 Å². The molecule has 0 saturated carbocycles. The van der Waals surface area contributed by atoms with E-state index in [0.717, 1.165) is 18.4 Å². The lowest BCUT2D eigenvalue weighted by Gasteiger charge is -2.14. The maximum Gasteiger partial charge on any atom is 0.243 e. The van der Waals surface area contributed by atoms with Crippen molar-refractivity contribution < 1.29 is 14.3 Å². The minimum Gasteiger partial charge on any atom is -0.493 e. The van der Waals surface area contributed by atoms with Gasteiger partial charge in [-0.1, -0.05) is 13.8 Å². The quantitative estimate of drug-likeness (QED) is 0.737. The summed E-state index contributed by atoms with van der Waals surface area (Å²) in [6, 6.07) is 5.49. The Hall–Kier alpha value is -2.64. The van der Waals surface area contributed by atoms with Crippen LogP contribution in [-0.2, 0) is 11.3 Å². The highest BCUT2D eigenvalue weighted by molar-refractivity contribution is 5.75. The second-order valence-corrected chi connectivity index (χ2v) is 6.65. The van der Waals surface area contributed by atoms with Crippen molar-refractivity contribution in [3.8, 4) is 22.9 Å². The van der Waals surface area contributed by atoms with Crippen molar-refractivity contribution in [3.63, 3.8) is 0 Å². The second-order valence-electron chi connectivity index (χ2n) is 6.65. The van der Waals surface area contributed by atoms with Crippen LogP contribution >= 0.6 is 0 Å². The molecule has 142 valence electrons. The standard InChI is InChI=1S/C18H27N5O3/c1-12(2)6-7-13(3)19-17(24)11-23-21-18(20-22-23)14-8-9-15(25-4)16(10-14)26-5/h8-10,12-13H,6-7,11H2,1-5H3,(H,19,24)/t13-/m0/s1. The minimum atomic E-state index is -0.127. The van der Waals surface area contributed by atoms with Crippen LogP contribution in [0.3, 0.4) is 0 Å². The maximum atomic E-state index is 12.1. The third kappa shape index (κ3) is 5.44. The number of hydrogen-bond donors (Lipinski definition) is 1. The summed E-state index contributed by atoms with van der Waals surface area (Å²) in [6.07, 6.45) is 2.03. The number of tetrazole rings is 1. The topological polar surface area (TPSA) is 91.2 Å². The average Bonchev–Trinajstić information content (AvgIpc) is 3.07. The summed E-state index contributed by atoms with van der Waals surface area (Å²) in [5, 5.41) is 15.2. The fourth-order valence-corrected chi connectivity index (χ4v) is 2.51. The van der Waals surface area contributed by atoms with Crippen LogP contribution in [0, 0.1) is 5.92 Å². The molecule has 1 N–H and O–H groups in total. The van der Waals surface area contributed by atoms with Gasteiger partial charge in [-0.2, -0.15) is 4.80 Å². The molecule has 1 atom stereocenters. The first-order chi connectivity index (χ1) is 12.4. The Morgan fingerprint density at radius 2 is 1.88 bits per heavy atom. The Balaban J connectivity index is 1.98. The first-order valence-electron chi connectivity index (χ1n) is 8.72. The van der Waals surface area contributed by atoms with E-state index in [2.05, 4.69) is 34.6 Å². The van der Waals surface area contributed by atoms with E-state index >= 15 is 0 Å². The highest BCUT2D eigenvalue weighted by Gasteiger charge is 2.13. The Labute approximate surface area is 153 Å². The molecule has 0 bridgehead atoms. The predicted molar refractivity (Wildman–Crippen MR) is 98.0 cm³/mol. The molecule has 1 heterocycles. The minimum absolute atomic E-state index is 0.0340. The molecular formula is C18H27N5O3. The number of amides is 1. The second kappa shape index (κ2) is 9.17. The first-order valence-corrected chi connectivity index (χ1v) is 8.72. The summed E-state index contributed by atoms with van der Waals surface area (Å²) < 4.78 is 10.5. The highest BCUT2D eigenvalue weighted by atomic mass is 16.5. The molecule has 0 fully saturated rings. The molecule has 2 rings (SSSR count). The zero-order valence-corrected chi connectivity index (χ0v) is 16.0. The molecule has 0 radical (unpaired) electrons. The van der Waals surface area contributed by atoms with Gasteiger partial charge in [0.2, 0.25) is 11.7 Å². The molecular weight excluding hydrogens is 334 g/mol. The largest absolute Gasteiger partial charge is 0.493 e. The Bertz CT molecular complexity index is 729. The molecule has 2 aromatic rings. The van der Waals surface area contributed by atoms with Gasteiger partial charge in [-0.3, -0.25) is 4.79 Å². The molecule has 1 aromatic carbocycles. The van der Waals surface area contributed by atoms with Crippen molar-refractivity contribution in [2.45, 2.75) is 46.2 Å². The van der Waals surface area contributed by atoms with E-state index in [1.54, 1.807) is 26.4 Å². The van der Waals surface area contributed by atoms with Gasteiger partial charge in [0.15, 0.2) is 11.5 Å². The lowest BCUT2D eigenvalue weighted by molar-refractivity contribution is -0.122. The first kappa shape index (κ1) is 19.7. The fraction of sp³-hybridized carbons (Fsp3) is 0.556. The van der Waals surface area contributed by atoms with E-state index in [9.17, 15) is 4.79 Å². The number of carbonyl (C=O) groups excluding carboxylic acids is 1. The molecule has 0 aliphatic carbocycles. The van der Waals surface area contributed by atoms with Crippen LogP contribution in [0.2, 0.25) is 0 Å². The van der Waals surface area contributed by atoms with E-state index < -0.39 is 0 Å². The van der Waals surface area contributed by atoms with Crippen molar-refractivity contribution >= 4 is 5.91 Å². The maximum absolute atomic E-state index is 12.1. The van der Waals surface area contributed by atoms with Gasteiger partial charge in [0, 0.05) is 11.6 Å². The summed E-state index contributed by atoms with van der Waals surface area (Å²) in [4.78, 5) is 13.4. The van der Waals surface area contributed by atoms with Crippen molar-refractivity contribution in [2.75, 3.05) is 14.2 Å². The van der Waals surface area contributed by atoms with Gasteiger partial charge in [0.05, 0.1) is 14.2 Å². The number of benzene rings is 1. The van der Waals surface area contributed by atoms with Crippen molar-refractivity contribution in [1.82, 2.24) is 25.5 Å². The number of nitrogens with one attached hydrogen (secondary N) is 1. The molecule has 1 aromatic heterocycles. The number of methoxy groups -OCH3 is 2. The Morgan fingerprint density at radius 3 is 2.54 bits per heavy atom. The Kier molecular flexibility index (Phi) is 6.94. The van der Waals surface area contributed by atoms with E-state index in [0.29, 0.717) is 23.2 Å². The summed E-state index contributed by atoms with van der Waals surface area (Å²) in [5.74, 6) is 2.12. The lowest BCUT2D eigenvalue weighted by atomic mass is 10.0. The van der Waals surface area contributed by atoms with Gasteiger partial charge in [-0.05, 0) is 49.1 Å². The van der Waals surface area contributed by atoms with Gasteiger partial charge in [-0.15, -0.1) is 10.2 Å². The summed E-state index contributed by atoms with van der Waals surface area (Å²) in [7, 11) is 3.14. The summed E-state index contributed by atoms with van der Waals surface area (Å²) in [6.45, 7) is 6.38. The molecule has 8 nitrogen and oxygen atoms in total. The van der Waals surface area contributed by atoms with Crippen LogP contribution in [-0.4, -0.2) is 46.4 Å². The number of carbonyl (C=O) groups is 1. The van der Waals surface area contributed by atoms with E-state index in [1.165, 1.54) is 4.80 Å². The average molecular weight is 361 g/mol. The van der Waals surface area contributed by atoms with Gasteiger partial charge in [0.25, 0.3) is 0 Å². The Morgan fingerprint density at radius 1 is 1.15 bits per heavy atom. The van der Waals surface area contributed by atoms with Crippen LogP contribution in [0.15, 0.2) is 18.2 Å².